The Hall–Kier alpha value is -2.69. The van der Waals surface area contributed by atoms with E-state index in [-0.39, 0.29) is 11.6 Å². The number of nitro benzene ring substituents is 1. The molecule has 2 aromatic rings. The first-order valence-electron chi connectivity index (χ1n) is 8.15. The van der Waals surface area contributed by atoms with Crippen molar-refractivity contribution in [1.82, 2.24) is 4.90 Å². The number of carbonyl (C=O) groups is 1. The molecule has 1 aliphatic rings. The predicted molar refractivity (Wildman–Crippen MR) is 92.2 cm³/mol. The summed E-state index contributed by atoms with van der Waals surface area (Å²) in [4.78, 5) is 25.0. The first kappa shape index (κ1) is 16.2. The van der Waals surface area contributed by atoms with Gasteiger partial charge in [0.05, 0.1) is 4.92 Å². The van der Waals surface area contributed by atoms with Crippen LogP contribution in [0.15, 0.2) is 48.5 Å². The van der Waals surface area contributed by atoms with Crippen LogP contribution >= 0.6 is 0 Å². The zero-order valence-electron chi connectivity index (χ0n) is 13.6. The molecule has 0 N–H and O–H groups in total. The number of aryl methyl sites for hydroxylation is 1. The zero-order chi connectivity index (χ0) is 17.1. The van der Waals surface area contributed by atoms with Gasteiger partial charge in [-0.3, -0.25) is 14.9 Å². The van der Waals surface area contributed by atoms with Crippen molar-refractivity contribution < 1.29 is 9.72 Å². The van der Waals surface area contributed by atoms with Gasteiger partial charge in [-0.05, 0) is 37.3 Å². The smallest absolute Gasteiger partial charge is 0.273 e. The van der Waals surface area contributed by atoms with Crippen molar-refractivity contribution in [3.63, 3.8) is 0 Å². The fourth-order valence-corrected chi connectivity index (χ4v) is 3.26. The van der Waals surface area contributed by atoms with E-state index in [1.165, 1.54) is 11.6 Å². The quantitative estimate of drug-likeness (QED) is 0.635. The molecule has 0 atom stereocenters. The number of nitrogens with zero attached hydrogens (tertiary/aromatic N) is 2. The highest BCUT2D eigenvalue weighted by atomic mass is 16.6. The van der Waals surface area contributed by atoms with E-state index in [0.29, 0.717) is 30.1 Å². The maximum absolute atomic E-state index is 12.6. The second-order valence-electron chi connectivity index (χ2n) is 6.24. The monoisotopic (exact) mass is 324 g/mol. The highest BCUT2D eigenvalue weighted by Crippen LogP contribution is 2.29. The third kappa shape index (κ3) is 3.30. The van der Waals surface area contributed by atoms with Gasteiger partial charge >= 0.3 is 0 Å². The third-order valence-electron chi connectivity index (χ3n) is 4.71. The zero-order valence-corrected chi connectivity index (χ0v) is 13.6. The van der Waals surface area contributed by atoms with Crippen LogP contribution in [-0.4, -0.2) is 28.8 Å². The summed E-state index contributed by atoms with van der Waals surface area (Å²) in [6, 6.07) is 15.1. The first-order chi connectivity index (χ1) is 11.6. The van der Waals surface area contributed by atoms with Gasteiger partial charge in [-0.25, -0.2) is 0 Å². The summed E-state index contributed by atoms with van der Waals surface area (Å²) in [5.41, 5.74) is 2.28. The molecule has 5 nitrogen and oxygen atoms in total. The van der Waals surface area contributed by atoms with E-state index in [1.54, 1.807) is 24.0 Å². The second-order valence-corrected chi connectivity index (χ2v) is 6.24. The lowest BCUT2D eigenvalue weighted by Gasteiger charge is -2.32. The van der Waals surface area contributed by atoms with Gasteiger partial charge in [-0.2, -0.15) is 0 Å². The number of benzene rings is 2. The summed E-state index contributed by atoms with van der Waals surface area (Å²) in [6.07, 6.45) is 1.84. The number of rotatable bonds is 3. The van der Waals surface area contributed by atoms with Gasteiger partial charge in [-0.15, -0.1) is 0 Å². The molecule has 2 aromatic carbocycles. The lowest BCUT2D eigenvalue weighted by molar-refractivity contribution is -0.385. The molecule has 0 spiro atoms. The van der Waals surface area contributed by atoms with E-state index < -0.39 is 4.92 Å². The van der Waals surface area contributed by atoms with Crippen LogP contribution in [0.1, 0.15) is 40.2 Å². The average Bonchev–Trinajstić information content (AvgIpc) is 2.62. The molecule has 0 aromatic heterocycles. The largest absolute Gasteiger partial charge is 0.339 e. The van der Waals surface area contributed by atoms with Crippen molar-refractivity contribution in [3.8, 4) is 0 Å². The maximum Gasteiger partial charge on any atom is 0.273 e. The van der Waals surface area contributed by atoms with Crippen LogP contribution in [0, 0.1) is 17.0 Å². The van der Waals surface area contributed by atoms with Crippen LogP contribution in [0.25, 0.3) is 0 Å². The topological polar surface area (TPSA) is 63.5 Å². The second kappa shape index (κ2) is 6.83. The fraction of sp³-hybridized carbons (Fsp3) is 0.316. The van der Waals surface area contributed by atoms with Crippen molar-refractivity contribution in [2.24, 2.45) is 0 Å². The van der Waals surface area contributed by atoms with Gasteiger partial charge in [0.15, 0.2) is 0 Å². The van der Waals surface area contributed by atoms with Crippen LogP contribution in [0.4, 0.5) is 5.69 Å². The van der Waals surface area contributed by atoms with E-state index in [2.05, 4.69) is 12.1 Å². The van der Waals surface area contributed by atoms with E-state index in [1.807, 2.05) is 18.2 Å². The fourth-order valence-electron chi connectivity index (χ4n) is 3.26. The standard InChI is InChI=1S/C19H20N2O3/c1-14-7-8-17(13-18(14)21(23)24)19(22)20-11-9-16(10-12-20)15-5-3-2-4-6-15/h2-8,13,16H,9-12H2,1H3. The molecule has 1 amide bonds. The van der Waals surface area contributed by atoms with Gasteiger partial charge in [-0.1, -0.05) is 36.4 Å². The van der Waals surface area contributed by atoms with Crippen molar-refractivity contribution in [1.29, 1.82) is 0 Å². The van der Waals surface area contributed by atoms with E-state index in [0.717, 1.165) is 12.8 Å². The Bertz CT molecular complexity index is 750. The summed E-state index contributed by atoms with van der Waals surface area (Å²) in [7, 11) is 0. The molecule has 24 heavy (non-hydrogen) atoms. The van der Waals surface area contributed by atoms with Crippen LogP contribution in [0.2, 0.25) is 0 Å². The number of piperidine rings is 1. The minimum Gasteiger partial charge on any atom is -0.339 e. The highest BCUT2D eigenvalue weighted by molar-refractivity contribution is 5.95. The number of hydrogen-bond donors (Lipinski definition) is 0. The van der Waals surface area contributed by atoms with Crippen molar-refractivity contribution >= 4 is 11.6 Å². The number of likely N-dealkylation sites (tertiary alicyclic amines) is 1. The molecule has 0 aliphatic carbocycles. The lowest BCUT2D eigenvalue weighted by atomic mass is 9.89. The summed E-state index contributed by atoms with van der Waals surface area (Å²) in [6.45, 7) is 3.04. The Kier molecular flexibility index (Phi) is 4.60. The molecule has 0 radical (unpaired) electrons. The third-order valence-corrected chi connectivity index (χ3v) is 4.71. The molecule has 1 saturated heterocycles. The first-order valence-corrected chi connectivity index (χ1v) is 8.15. The molecule has 3 rings (SSSR count). The molecule has 1 fully saturated rings. The van der Waals surface area contributed by atoms with E-state index in [9.17, 15) is 14.9 Å². The normalized spacial score (nSPS) is 15.3. The van der Waals surface area contributed by atoms with Crippen LogP contribution < -0.4 is 0 Å². The predicted octanol–water partition coefficient (Wildman–Crippen LogP) is 3.92. The SMILES string of the molecule is Cc1ccc(C(=O)N2CCC(c3ccccc3)CC2)cc1[N+](=O)[O-]. The van der Waals surface area contributed by atoms with Crippen LogP contribution in [-0.2, 0) is 0 Å². The molecular weight excluding hydrogens is 304 g/mol. The highest BCUT2D eigenvalue weighted by Gasteiger charge is 2.25. The molecule has 1 heterocycles. The van der Waals surface area contributed by atoms with Crippen molar-refractivity contribution in [3.05, 3.63) is 75.3 Å². The Labute approximate surface area is 141 Å². The average molecular weight is 324 g/mol. The number of nitro groups is 1. The molecular formula is C19H20N2O3. The van der Waals surface area contributed by atoms with E-state index in [4.69, 9.17) is 0 Å². The Balaban J connectivity index is 1.69. The van der Waals surface area contributed by atoms with Gasteiger partial charge < -0.3 is 4.90 Å². The van der Waals surface area contributed by atoms with Crippen molar-refractivity contribution in [2.45, 2.75) is 25.7 Å². The molecule has 0 unspecified atom stereocenters. The summed E-state index contributed by atoms with van der Waals surface area (Å²) in [5, 5.41) is 11.1. The van der Waals surface area contributed by atoms with Gasteiger partial charge in [0.1, 0.15) is 0 Å². The minimum absolute atomic E-state index is 0.0000199. The van der Waals surface area contributed by atoms with Gasteiger partial charge in [0.25, 0.3) is 11.6 Å². The number of amides is 1. The summed E-state index contributed by atoms with van der Waals surface area (Å²) < 4.78 is 0. The molecule has 5 heteroatoms. The Morgan fingerprint density at radius 3 is 2.42 bits per heavy atom. The summed E-state index contributed by atoms with van der Waals surface area (Å²) in [5.74, 6) is 0.354. The molecule has 0 saturated carbocycles. The maximum atomic E-state index is 12.6. The van der Waals surface area contributed by atoms with Gasteiger partial charge in [0.2, 0.25) is 0 Å². The van der Waals surface area contributed by atoms with Crippen LogP contribution in [0.3, 0.4) is 0 Å². The number of carbonyl (C=O) groups excluding carboxylic acids is 1. The van der Waals surface area contributed by atoms with E-state index >= 15 is 0 Å². The molecule has 1 aliphatic heterocycles. The molecule has 124 valence electrons. The Morgan fingerprint density at radius 2 is 1.79 bits per heavy atom. The summed E-state index contributed by atoms with van der Waals surface area (Å²) >= 11 is 0. The van der Waals surface area contributed by atoms with Crippen molar-refractivity contribution in [2.75, 3.05) is 13.1 Å². The van der Waals surface area contributed by atoms with Crippen LogP contribution in [0.5, 0.6) is 0 Å². The Morgan fingerprint density at radius 1 is 1.12 bits per heavy atom. The molecule has 0 bridgehead atoms. The lowest BCUT2D eigenvalue weighted by Crippen LogP contribution is -2.37. The minimum atomic E-state index is -0.437. The van der Waals surface area contributed by atoms with Gasteiger partial charge in [0, 0.05) is 30.3 Å². The number of hydrogen-bond acceptors (Lipinski definition) is 3.